The number of nitrogens with two attached hydrogens (primary N) is 1. The van der Waals surface area contributed by atoms with Gasteiger partial charge in [-0.15, -0.1) is 0 Å². The van der Waals surface area contributed by atoms with Gasteiger partial charge in [-0.3, -0.25) is 5.32 Å². The molecule has 4 N–H and O–H groups in total. The van der Waals surface area contributed by atoms with E-state index in [9.17, 15) is 18.0 Å². The summed E-state index contributed by atoms with van der Waals surface area (Å²) >= 11 is 0. The second kappa shape index (κ2) is 9.32. The minimum Gasteiger partial charge on any atom is -0.465 e. The van der Waals surface area contributed by atoms with Crippen LogP contribution in [0.15, 0.2) is 40.6 Å². The number of nitrogens with zero attached hydrogens (tertiary/aromatic N) is 4. The van der Waals surface area contributed by atoms with Crippen LogP contribution in [-0.4, -0.2) is 48.1 Å². The summed E-state index contributed by atoms with van der Waals surface area (Å²) in [7, 11) is 1.40. The first-order valence-corrected chi connectivity index (χ1v) is 8.99. The van der Waals surface area contributed by atoms with Gasteiger partial charge in [0.1, 0.15) is 18.7 Å². The number of oxime groups is 1. The fourth-order valence-corrected chi connectivity index (χ4v) is 3.02. The summed E-state index contributed by atoms with van der Waals surface area (Å²) in [5, 5.41) is 14.2. The van der Waals surface area contributed by atoms with E-state index in [1.54, 1.807) is 4.90 Å². The van der Waals surface area contributed by atoms with Crippen molar-refractivity contribution >= 4 is 23.6 Å². The maximum Gasteiger partial charge on any atom is 0.411 e. The molecule has 0 unspecified atom stereocenters. The molecule has 2 aromatic rings. The van der Waals surface area contributed by atoms with E-state index in [1.165, 1.54) is 37.6 Å². The standard InChI is InChI=1S/C19H19F3N6O3/c1-31-27-12-8-28(9-12)17-14(16(21)22)5-11(7-24-17)13-4-2-3-10(15(13)20)6-25-18(23)26-19(29)30/h2-5,7,16H,6,8-9H2,1H3,(H,29,30)(H3,23,25,26). The zero-order chi connectivity index (χ0) is 22.5. The second-order valence-corrected chi connectivity index (χ2v) is 6.54. The Balaban J connectivity index is 1.88. The summed E-state index contributed by atoms with van der Waals surface area (Å²) in [4.78, 5) is 24.7. The van der Waals surface area contributed by atoms with Gasteiger partial charge < -0.3 is 20.6 Å². The molecule has 0 atom stereocenters. The molecule has 1 aromatic heterocycles. The number of pyridine rings is 1. The fraction of sp³-hybridized carbons (Fsp3) is 0.263. The largest absolute Gasteiger partial charge is 0.465 e. The van der Waals surface area contributed by atoms with Gasteiger partial charge in [-0.2, -0.15) is 0 Å². The average Bonchev–Trinajstić information content (AvgIpc) is 2.69. The number of nitrogens with one attached hydrogen (secondary N) is 1. The number of benzene rings is 1. The maximum atomic E-state index is 15.0. The first-order valence-electron chi connectivity index (χ1n) is 8.99. The monoisotopic (exact) mass is 436 g/mol. The van der Waals surface area contributed by atoms with E-state index in [-0.39, 0.29) is 34.6 Å². The molecule has 0 radical (unpaired) electrons. The van der Waals surface area contributed by atoms with Crippen LogP contribution in [0, 0.1) is 5.82 Å². The van der Waals surface area contributed by atoms with Gasteiger partial charge in [-0.05, 0) is 6.07 Å². The van der Waals surface area contributed by atoms with Crippen LogP contribution < -0.4 is 16.0 Å². The van der Waals surface area contributed by atoms with Crippen molar-refractivity contribution in [1.82, 2.24) is 10.3 Å². The average molecular weight is 436 g/mol. The summed E-state index contributed by atoms with van der Waals surface area (Å²) in [5.74, 6) is -0.987. The van der Waals surface area contributed by atoms with Crippen molar-refractivity contribution in [2.24, 2.45) is 15.9 Å². The summed E-state index contributed by atoms with van der Waals surface area (Å²) < 4.78 is 42.3. The predicted molar refractivity (Wildman–Crippen MR) is 108 cm³/mol. The molecule has 1 aliphatic heterocycles. The number of hydrogen-bond donors (Lipinski definition) is 3. The van der Waals surface area contributed by atoms with Crippen molar-refractivity contribution in [1.29, 1.82) is 0 Å². The zero-order valence-electron chi connectivity index (χ0n) is 16.3. The number of amides is 1. The molecule has 0 aliphatic carbocycles. The highest BCUT2D eigenvalue weighted by Gasteiger charge is 2.29. The number of rotatable bonds is 6. The van der Waals surface area contributed by atoms with Crippen molar-refractivity contribution in [3.63, 3.8) is 0 Å². The molecule has 2 heterocycles. The third-order valence-electron chi connectivity index (χ3n) is 4.44. The number of hydrogen-bond acceptors (Lipinski definition) is 6. The lowest BCUT2D eigenvalue weighted by Gasteiger charge is -2.34. The summed E-state index contributed by atoms with van der Waals surface area (Å²) in [6.07, 6.45) is -2.90. The van der Waals surface area contributed by atoms with E-state index < -0.39 is 24.3 Å². The minimum absolute atomic E-state index is 0.0589. The lowest BCUT2D eigenvalue weighted by atomic mass is 10.0. The SMILES string of the molecule is CON=C1CN(c2ncc(-c3cccc(CN=C(N)NC(=O)O)c3F)cc2C(F)F)C1. The van der Waals surface area contributed by atoms with Crippen molar-refractivity contribution in [3.8, 4) is 11.1 Å². The van der Waals surface area contributed by atoms with Gasteiger partial charge >= 0.3 is 6.09 Å². The molecule has 1 fully saturated rings. The van der Waals surface area contributed by atoms with Gasteiger partial charge in [-0.25, -0.2) is 27.9 Å². The molecule has 0 saturated carbocycles. The molecule has 164 valence electrons. The van der Waals surface area contributed by atoms with E-state index in [0.29, 0.717) is 18.8 Å². The number of alkyl halides is 2. The molecule has 1 amide bonds. The van der Waals surface area contributed by atoms with Crippen molar-refractivity contribution < 1.29 is 27.9 Å². The Morgan fingerprint density at radius 3 is 2.81 bits per heavy atom. The van der Waals surface area contributed by atoms with E-state index in [0.717, 1.165) is 0 Å². The number of halogens is 3. The Kier molecular flexibility index (Phi) is 6.58. The number of carbonyl (C=O) groups is 1. The Morgan fingerprint density at radius 1 is 1.42 bits per heavy atom. The third-order valence-corrected chi connectivity index (χ3v) is 4.44. The van der Waals surface area contributed by atoms with Crippen LogP contribution in [-0.2, 0) is 11.4 Å². The third kappa shape index (κ3) is 5.02. The first-order chi connectivity index (χ1) is 14.8. The van der Waals surface area contributed by atoms with Crippen LogP contribution in [0.1, 0.15) is 17.6 Å². The molecule has 0 bridgehead atoms. The minimum atomic E-state index is -2.82. The summed E-state index contributed by atoms with van der Waals surface area (Å²) in [6, 6.07) is 5.59. The van der Waals surface area contributed by atoms with Crippen LogP contribution in [0.4, 0.5) is 23.8 Å². The van der Waals surface area contributed by atoms with Gasteiger partial charge in [0.25, 0.3) is 6.43 Å². The number of aliphatic imine (C=N–C) groups is 1. The summed E-state index contributed by atoms with van der Waals surface area (Å²) in [6.45, 7) is 0.384. The lowest BCUT2D eigenvalue weighted by Crippen LogP contribution is -2.48. The van der Waals surface area contributed by atoms with Gasteiger partial charge in [0.05, 0.1) is 30.9 Å². The first kappa shape index (κ1) is 21.9. The van der Waals surface area contributed by atoms with Gasteiger partial charge in [-0.1, -0.05) is 23.4 Å². The zero-order valence-corrected chi connectivity index (χ0v) is 16.3. The highest BCUT2D eigenvalue weighted by Crippen LogP contribution is 2.34. The molecule has 1 saturated heterocycles. The Morgan fingerprint density at radius 2 is 2.16 bits per heavy atom. The maximum absolute atomic E-state index is 15.0. The van der Waals surface area contributed by atoms with Crippen LogP contribution in [0.3, 0.4) is 0 Å². The number of carboxylic acid groups (broad SMARTS) is 1. The van der Waals surface area contributed by atoms with Gasteiger partial charge in [0, 0.05) is 22.9 Å². The lowest BCUT2D eigenvalue weighted by molar-refractivity contribution is 0.151. The van der Waals surface area contributed by atoms with Crippen LogP contribution in [0.5, 0.6) is 0 Å². The number of guanidine groups is 1. The number of anilines is 1. The Labute approximate surface area is 175 Å². The molecular formula is C19H19F3N6O3. The normalized spacial score (nSPS) is 13.8. The topological polar surface area (TPSA) is 125 Å². The van der Waals surface area contributed by atoms with Gasteiger partial charge in [0.15, 0.2) is 5.96 Å². The molecule has 9 nitrogen and oxygen atoms in total. The molecule has 12 heteroatoms. The molecule has 31 heavy (non-hydrogen) atoms. The second-order valence-electron chi connectivity index (χ2n) is 6.54. The van der Waals surface area contributed by atoms with Crippen LogP contribution >= 0.6 is 0 Å². The predicted octanol–water partition coefficient (Wildman–Crippen LogP) is 2.73. The summed E-state index contributed by atoms with van der Waals surface area (Å²) in [5.41, 5.74) is 6.10. The number of aromatic nitrogens is 1. The van der Waals surface area contributed by atoms with Crippen LogP contribution in [0.2, 0.25) is 0 Å². The Hall–Kier alpha value is -3.83. The molecule has 0 spiro atoms. The molecule has 1 aliphatic rings. The molecule has 3 rings (SSSR count). The van der Waals surface area contributed by atoms with Crippen molar-refractivity contribution in [2.45, 2.75) is 13.0 Å². The molecular weight excluding hydrogens is 417 g/mol. The molecule has 1 aromatic carbocycles. The fourth-order valence-electron chi connectivity index (χ4n) is 3.02. The van der Waals surface area contributed by atoms with Gasteiger partial charge in [0.2, 0.25) is 0 Å². The smallest absolute Gasteiger partial charge is 0.411 e. The van der Waals surface area contributed by atoms with Crippen molar-refractivity contribution in [2.75, 3.05) is 25.1 Å². The quantitative estimate of drug-likeness (QED) is 0.363. The van der Waals surface area contributed by atoms with E-state index in [4.69, 9.17) is 10.8 Å². The van der Waals surface area contributed by atoms with E-state index in [1.807, 2.05) is 5.32 Å². The highest BCUT2D eigenvalue weighted by molar-refractivity contribution is 5.99. The van der Waals surface area contributed by atoms with Crippen LogP contribution in [0.25, 0.3) is 11.1 Å². The van der Waals surface area contributed by atoms with E-state index in [2.05, 4.69) is 20.0 Å². The van der Waals surface area contributed by atoms with E-state index >= 15 is 0 Å². The Bertz CT molecular complexity index is 1040. The van der Waals surface area contributed by atoms with Crippen molar-refractivity contribution in [3.05, 3.63) is 47.4 Å². The highest BCUT2D eigenvalue weighted by atomic mass is 19.3.